The first kappa shape index (κ1) is 23.9. The van der Waals surface area contributed by atoms with Crippen LogP contribution in [-0.2, 0) is 23.9 Å². The zero-order chi connectivity index (χ0) is 23.1. The van der Waals surface area contributed by atoms with Crippen LogP contribution in [0.3, 0.4) is 0 Å². The molecular formula is C23H30F3N5O. The van der Waals surface area contributed by atoms with Gasteiger partial charge in [-0.05, 0) is 50.2 Å². The summed E-state index contributed by atoms with van der Waals surface area (Å²) >= 11 is 0. The highest BCUT2D eigenvalue weighted by molar-refractivity contribution is 5.78. The zero-order valence-electron chi connectivity index (χ0n) is 18.5. The Labute approximate surface area is 186 Å². The first-order chi connectivity index (χ1) is 15.3. The van der Waals surface area contributed by atoms with E-state index in [1.807, 2.05) is 6.92 Å². The van der Waals surface area contributed by atoms with Crippen LogP contribution >= 0.6 is 0 Å². The summed E-state index contributed by atoms with van der Waals surface area (Å²) in [5, 5.41) is 5.66. The molecule has 1 unspecified atom stereocenters. The molecule has 1 aliphatic carbocycles. The molecule has 2 atom stereocenters. The van der Waals surface area contributed by atoms with Gasteiger partial charge in [0, 0.05) is 25.9 Å². The summed E-state index contributed by atoms with van der Waals surface area (Å²) in [5.74, 6) is 2.12. The van der Waals surface area contributed by atoms with Crippen molar-refractivity contribution >= 4 is 11.9 Å². The number of anilines is 1. The number of aryl methyl sites for hydroxylation is 2. The lowest BCUT2D eigenvalue weighted by Gasteiger charge is -2.28. The molecule has 1 aliphatic rings. The van der Waals surface area contributed by atoms with Gasteiger partial charge >= 0.3 is 6.18 Å². The molecule has 1 aromatic heterocycles. The number of aromatic nitrogens is 3. The van der Waals surface area contributed by atoms with Gasteiger partial charge in [0.05, 0.1) is 5.56 Å². The van der Waals surface area contributed by atoms with Gasteiger partial charge in [-0.3, -0.25) is 4.79 Å². The molecule has 3 rings (SSSR count). The van der Waals surface area contributed by atoms with E-state index in [9.17, 15) is 18.0 Å². The lowest BCUT2D eigenvalue weighted by Crippen LogP contribution is -2.34. The molecule has 32 heavy (non-hydrogen) atoms. The van der Waals surface area contributed by atoms with Gasteiger partial charge in [-0.25, -0.2) is 4.98 Å². The third-order valence-electron chi connectivity index (χ3n) is 5.96. The zero-order valence-corrected chi connectivity index (χ0v) is 18.5. The number of halogens is 3. The highest BCUT2D eigenvalue weighted by atomic mass is 19.4. The molecule has 0 saturated heterocycles. The van der Waals surface area contributed by atoms with Crippen LogP contribution in [0.2, 0.25) is 0 Å². The number of hydrogen-bond donors (Lipinski definition) is 2. The van der Waals surface area contributed by atoms with Crippen molar-refractivity contribution in [3.8, 4) is 0 Å². The van der Waals surface area contributed by atoms with E-state index in [0.29, 0.717) is 17.7 Å². The highest BCUT2D eigenvalue weighted by Crippen LogP contribution is 2.33. The van der Waals surface area contributed by atoms with Gasteiger partial charge in [0.1, 0.15) is 11.6 Å². The van der Waals surface area contributed by atoms with E-state index in [-0.39, 0.29) is 23.9 Å². The molecular weight excluding hydrogens is 419 g/mol. The third kappa shape index (κ3) is 6.64. The standard InChI is InChI=1S/C23H30F3N5O/c1-15-29-20(31-22(27-2)30-15)12-6-8-16-7-5-10-17(13-16)21(32)28-14-18-9-3-4-11-19(18)23(24,25)26/h3-4,9,11,16-17H,5-8,10,12-14H2,1-2H3,(H,28,32)(H,27,29,30,31)/t16?,17-/m0/s1. The summed E-state index contributed by atoms with van der Waals surface area (Å²) in [6, 6.07) is 5.37. The number of amides is 1. The van der Waals surface area contributed by atoms with Crippen LogP contribution in [0.4, 0.5) is 19.1 Å². The van der Waals surface area contributed by atoms with E-state index in [0.717, 1.165) is 56.8 Å². The smallest absolute Gasteiger partial charge is 0.357 e. The van der Waals surface area contributed by atoms with Crippen LogP contribution < -0.4 is 10.6 Å². The summed E-state index contributed by atoms with van der Waals surface area (Å²) in [6.07, 6.45) is 1.79. The minimum absolute atomic E-state index is 0.0919. The van der Waals surface area contributed by atoms with Gasteiger partial charge in [0.25, 0.3) is 0 Å². The predicted molar refractivity (Wildman–Crippen MR) is 116 cm³/mol. The second kappa shape index (κ2) is 10.7. The molecule has 0 spiro atoms. The summed E-state index contributed by atoms with van der Waals surface area (Å²) in [7, 11) is 1.77. The molecule has 1 heterocycles. The first-order valence-corrected chi connectivity index (χ1v) is 11.1. The number of rotatable bonds is 8. The number of hydrogen-bond acceptors (Lipinski definition) is 5. The fourth-order valence-corrected chi connectivity index (χ4v) is 4.38. The lowest BCUT2D eigenvalue weighted by atomic mass is 9.78. The predicted octanol–water partition coefficient (Wildman–Crippen LogP) is 4.69. The Hall–Kier alpha value is -2.71. The summed E-state index contributed by atoms with van der Waals surface area (Å²) < 4.78 is 39.5. The maximum absolute atomic E-state index is 13.2. The highest BCUT2D eigenvalue weighted by Gasteiger charge is 2.33. The van der Waals surface area contributed by atoms with Crippen molar-refractivity contribution in [2.75, 3.05) is 12.4 Å². The number of benzene rings is 1. The molecule has 1 fully saturated rings. The van der Waals surface area contributed by atoms with Crippen molar-refractivity contribution in [2.24, 2.45) is 11.8 Å². The molecule has 1 amide bonds. The van der Waals surface area contributed by atoms with Gasteiger partial charge in [0.2, 0.25) is 11.9 Å². The van der Waals surface area contributed by atoms with Crippen LogP contribution in [0.25, 0.3) is 0 Å². The van der Waals surface area contributed by atoms with E-state index in [1.54, 1.807) is 13.1 Å². The second-order valence-electron chi connectivity index (χ2n) is 8.37. The lowest BCUT2D eigenvalue weighted by molar-refractivity contribution is -0.138. The normalized spacial score (nSPS) is 18.9. The molecule has 2 N–H and O–H groups in total. The molecule has 0 radical (unpaired) electrons. The van der Waals surface area contributed by atoms with Crippen molar-refractivity contribution < 1.29 is 18.0 Å². The van der Waals surface area contributed by atoms with Crippen LogP contribution in [0.15, 0.2) is 24.3 Å². The Morgan fingerprint density at radius 3 is 2.69 bits per heavy atom. The van der Waals surface area contributed by atoms with Gasteiger partial charge in [-0.2, -0.15) is 23.1 Å². The molecule has 1 saturated carbocycles. The van der Waals surface area contributed by atoms with Crippen LogP contribution in [0.1, 0.15) is 61.3 Å². The maximum atomic E-state index is 13.2. The molecule has 6 nitrogen and oxygen atoms in total. The number of nitrogens with zero attached hydrogens (tertiary/aromatic N) is 3. The van der Waals surface area contributed by atoms with Gasteiger partial charge in [0.15, 0.2) is 0 Å². The third-order valence-corrected chi connectivity index (χ3v) is 5.96. The van der Waals surface area contributed by atoms with Crippen molar-refractivity contribution in [1.82, 2.24) is 20.3 Å². The number of alkyl halides is 3. The van der Waals surface area contributed by atoms with Gasteiger partial charge < -0.3 is 10.6 Å². The first-order valence-electron chi connectivity index (χ1n) is 11.1. The van der Waals surface area contributed by atoms with E-state index in [2.05, 4.69) is 25.6 Å². The monoisotopic (exact) mass is 449 g/mol. The van der Waals surface area contributed by atoms with Crippen LogP contribution in [0, 0.1) is 18.8 Å². The molecule has 9 heteroatoms. The molecule has 2 aromatic rings. The van der Waals surface area contributed by atoms with E-state index < -0.39 is 11.7 Å². The van der Waals surface area contributed by atoms with Crippen molar-refractivity contribution in [3.05, 3.63) is 47.0 Å². The van der Waals surface area contributed by atoms with Crippen LogP contribution in [-0.4, -0.2) is 27.9 Å². The average molecular weight is 450 g/mol. The maximum Gasteiger partial charge on any atom is 0.416 e. The average Bonchev–Trinajstić information content (AvgIpc) is 2.77. The van der Waals surface area contributed by atoms with E-state index in [4.69, 9.17) is 0 Å². The molecule has 1 aromatic carbocycles. The van der Waals surface area contributed by atoms with Crippen molar-refractivity contribution in [1.29, 1.82) is 0 Å². The Balaban J connectivity index is 1.48. The van der Waals surface area contributed by atoms with E-state index in [1.165, 1.54) is 12.1 Å². The molecule has 0 aliphatic heterocycles. The Bertz CT molecular complexity index is 919. The quantitative estimate of drug-likeness (QED) is 0.611. The Kier molecular flexibility index (Phi) is 8.04. The summed E-state index contributed by atoms with van der Waals surface area (Å²) in [6.45, 7) is 1.73. The minimum atomic E-state index is -4.43. The van der Waals surface area contributed by atoms with Crippen molar-refractivity contribution in [3.63, 3.8) is 0 Å². The van der Waals surface area contributed by atoms with Crippen molar-refractivity contribution in [2.45, 2.75) is 64.6 Å². The second-order valence-corrected chi connectivity index (χ2v) is 8.37. The molecule has 0 bridgehead atoms. The summed E-state index contributed by atoms with van der Waals surface area (Å²) in [4.78, 5) is 25.6. The summed E-state index contributed by atoms with van der Waals surface area (Å²) in [5.41, 5.74) is -0.605. The topological polar surface area (TPSA) is 79.8 Å². The molecule has 174 valence electrons. The number of carbonyl (C=O) groups is 1. The van der Waals surface area contributed by atoms with Crippen LogP contribution in [0.5, 0.6) is 0 Å². The fraction of sp³-hybridized carbons (Fsp3) is 0.565. The van der Waals surface area contributed by atoms with Gasteiger partial charge in [-0.15, -0.1) is 0 Å². The Morgan fingerprint density at radius 1 is 1.16 bits per heavy atom. The number of carbonyl (C=O) groups excluding carboxylic acids is 1. The van der Waals surface area contributed by atoms with Gasteiger partial charge in [-0.1, -0.05) is 31.0 Å². The van der Waals surface area contributed by atoms with E-state index >= 15 is 0 Å². The Morgan fingerprint density at radius 2 is 1.94 bits per heavy atom. The number of nitrogens with one attached hydrogen (secondary N) is 2. The fourth-order valence-electron chi connectivity index (χ4n) is 4.38. The largest absolute Gasteiger partial charge is 0.416 e. The minimum Gasteiger partial charge on any atom is -0.357 e. The SMILES string of the molecule is CNc1nc(C)nc(CCCC2CCC[C@H](C(=O)NCc3ccccc3C(F)(F)F)C2)n1.